The Morgan fingerprint density at radius 2 is 1.94 bits per heavy atom. The molecule has 1 aromatic heterocycles. The predicted molar refractivity (Wildman–Crippen MR) is 75.7 cm³/mol. The van der Waals surface area contributed by atoms with Crippen LogP contribution in [-0.2, 0) is 6.54 Å². The van der Waals surface area contributed by atoms with Gasteiger partial charge in [0.05, 0.1) is 6.54 Å². The third kappa shape index (κ3) is 3.62. The lowest BCUT2D eigenvalue weighted by molar-refractivity contribution is 0.391. The molecule has 0 saturated heterocycles. The molecule has 0 fully saturated rings. The van der Waals surface area contributed by atoms with Crippen molar-refractivity contribution >= 4 is 11.6 Å². The van der Waals surface area contributed by atoms with Crippen molar-refractivity contribution in [3.05, 3.63) is 47.2 Å². The van der Waals surface area contributed by atoms with Gasteiger partial charge in [0.1, 0.15) is 11.5 Å². The van der Waals surface area contributed by atoms with Crippen molar-refractivity contribution in [3.63, 3.8) is 0 Å². The maximum absolute atomic E-state index is 5.97. The lowest BCUT2D eigenvalue weighted by Crippen LogP contribution is -2.34. The average molecular weight is 264 g/mol. The Kier molecular flexibility index (Phi) is 3.79. The van der Waals surface area contributed by atoms with Crippen LogP contribution in [0.25, 0.3) is 11.3 Å². The minimum absolute atomic E-state index is 0.0863. The van der Waals surface area contributed by atoms with Crippen LogP contribution < -0.4 is 5.32 Å². The summed E-state index contributed by atoms with van der Waals surface area (Å²) < 4.78 is 5.80. The summed E-state index contributed by atoms with van der Waals surface area (Å²) in [5.74, 6) is 1.78. The first-order valence-corrected chi connectivity index (χ1v) is 6.41. The number of hydrogen-bond donors (Lipinski definition) is 1. The molecular formula is C15H18ClNO. The van der Waals surface area contributed by atoms with Crippen molar-refractivity contribution in [1.82, 2.24) is 5.32 Å². The first kappa shape index (κ1) is 13.2. The summed E-state index contributed by atoms with van der Waals surface area (Å²) in [5.41, 5.74) is 1.09. The van der Waals surface area contributed by atoms with Crippen LogP contribution in [0.1, 0.15) is 26.5 Å². The molecule has 0 aliphatic carbocycles. The molecule has 0 radical (unpaired) electrons. The van der Waals surface area contributed by atoms with Crippen LogP contribution in [-0.4, -0.2) is 5.54 Å². The Hall–Kier alpha value is -1.25. The molecule has 2 rings (SSSR count). The molecule has 1 heterocycles. The lowest BCUT2D eigenvalue weighted by Gasteiger charge is -2.19. The minimum atomic E-state index is 0.0863. The van der Waals surface area contributed by atoms with E-state index in [9.17, 15) is 0 Å². The fourth-order valence-electron chi connectivity index (χ4n) is 1.62. The average Bonchev–Trinajstić information content (AvgIpc) is 2.74. The van der Waals surface area contributed by atoms with Gasteiger partial charge >= 0.3 is 0 Å². The van der Waals surface area contributed by atoms with E-state index < -0.39 is 0 Å². The molecule has 3 heteroatoms. The van der Waals surface area contributed by atoms with Crippen molar-refractivity contribution in [2.24, 2.45) is 0 Å². The largest absolute Gasteiger partial charge is 0.460 e. The molecule has 18 heavy (non-hydrogen) atoms. The van der Waals surface area contributed by atoms with E-state index in [1.165, 1.54) is 0 Å². The van der Waals surface area contributed by atoms with Crippen LogP contribution in [0.4, 0.5) is 0 Å². The molecule has 0 spiro atoms. The van der Waals surface area contributed by atoms with Gasteiger partial charge in [0.2, 0.25) is 0 Å². The van der Waals surface area contributed by atoms with Gasteiger partial charge < -0.3 is 9.73 Å². The van der Waals surface area contributed by atoms with E-state index in [1.807, 2.05) is 36.4 Å². The standard InChI is InChI=1S/C15H18ClNO/c1-15(2,3)17-10-13-7-8-14(18-13)11-5-4-6-12(16)9-11/h4-9,17H,10H2,1-3H3. The minimum Gasteiger partial charge on any atom is -0.460 e. The molecule has 96 valence electrons. The van der Waals surface area contributed by atoms with E-state index in [4.69, 9.17) is 16.0 Å². The zero-order valence-electron chi connectivity index (χ0n) is 11.0. The molecule has 0 aliphatic heterocycles. The number of halogens is 1. The molecular weight excluding hydrogens is 246 g/mol. The van der Waals surface area contributed by atoms with Crippen molar-refractivity contribution in [1.29, 1.82) is 0 Å². The van der Waals surface area contributed by atoms with Crippen LogP contribution >= 0.6 is 11.6 Å². The number of hydrogen-bond acceptors (Lipinski definition) is 2. The van der Waals surface area contributed by atoms with E-state index in [-0.39, 0.29) is 5.54 Å². The summed E-state index contributed by atoms with van der Waals surface area (Å²) in [5, 5.41) is 4.12. The maximum Gasteiger partial charge on any atom is 0.134 e. The molecule has 0 amide bonds. The monoisotopic (exact) mass is 263 g/mol. The van der Waals surface area contributed by atoms with Crippen molar-refractivity contribution in [2.75, 3.05) is 0 Å². The quantitative estimate of drug-likeness (QED) is 0.883. The molecule has 0 unspecified atom stereocenters. The van der Waals surface area contributed by atoms with Crippen molar-refractivity contribution in [2.45, 2.75) is 32.9 Å². The van der Waals surface area contributed by atoms with Gasteiger partial charge in [-0.1, -0.05) is 23.7 Å². The Morgan fingerprint density at radius 1 is 1.17 bits per heavy atom. The van der Waals surface area contributed by atoms with Crippen LogP contribution in [0, 0.1) is 0 Å². The van der Waals surface area contributed by atoms with Crippen LogP contribution in [0.3, 0.4) is 0 Å². The highest BCUT2D eigenvalue weighted by atomic mass is 35.5. The summed E-state index contributed by atoms with van der Waals surface area (Å²) in [6.07, 6.45) is 0. The molecule has 2 nitrogen and oxygen atoms in total. The first-order chi connectivity index (χ1) is 8.44. The van der Waals surface area contributed by atoms with E-state index in [0.717, 1.165) is 28.7 Å². The second-order valence-corrected chi connectivity index (χ2v) is 5.82. The van der Waals surface area contributed by atoms with Gasteiger partial charge in [0, 0.05) is 16.1 Å². The van der Waals surface area contributed by atoms with E-state index in [2.05, 4.69) is 26.1 Å². The zero-order valence-corrected chi connectivity index (χ0v) is 11.7. The van der Waals surface area contributed by atoms with Gasteiger partial charge in [0.25, 0.3) is 0 Å². The summed E-state index contributed by atoms with van der Waals surface area (Å²) in [6, 6.07) is 11.6. The molecule has 2 aromatic rings. The van der Waals surface area contributed by atoms with Gasteiger partial charge in [-0.3, -0.25) is 0 Å². The maximum atomic E-state index is 5.97. The fraction of sp³-hybridized carbons (Fsp3) is 0.333. The summed E-state index contributed by atoms with van der Waals surface area (Å²) in [6.45, 7) is 7.12. The van der Waals surface area contributed by atoms with Gasteiger partial charge in [-0.2, -0.15) is 0 Å². The number of nitrogens with one attached hydrogen (secondary N) is 1. The Bertz CT molecular complexity index is 525. The highest BCUT2D eigenvalue weighted by Crippen LogP contribution is 2.24. The molecule has 0 aliphatic rings. The second kappa shape index (κ2) is 5.17. The zero-order chi connectivity index (χ0) is 13.2. The van der Waals surface area contributed by atoms with Crippen molar-refractivity contribution < 1.29 is 4.42 Å². The smallest absolute Gasteiger partial charge is 0.134 e. The van der Waals surface area contributed by atoms with Crippen LogP contribution in [0.5, 0.6) is 0 Å². The SMILES string of the molecule is CC(C)(C)NCc1ccc(-c2cccc(Cl)c2)o1. The molecule has 0 atom stereocenters. The topological polar surface area (TPSA) is 25.2 Å². The summed E-state index contributed by atoms with van der Waals surface area (Å²) in [7, 11) is 0. The number of rotatable bonds is 3. The second-order valence-electron chi connectivity index (χ2n) is 5.38. The van der Waals surface area contributed by atoms with Gasteiger partial charge in [-0.25, -0.2) is 0 Å². The Balaban J connectivity index is 2.11. The predicted octanol–water partition coefficient (Wildman–Crippen LogP) is 4.49. The number of benzene rings is 1. The van der Waals surface area contributed by atoms with Crippen LogP contribution in [0.2, 0.25) is 5.02 Å². The van der Waals surface area contributed by atoms with E-state index in [0.29, 0.717) is 0 Å². The van der Waals surface area contributed by atoms with Gasteiger partial charge in [-0.15, -0.1) is 0 Å². The molecule has 1 aromatic carbocycles. The first-order valence-electron chi connectivity index (χ1n) is 6.04. The van der Waals surface area contributed by atoms with E-state index in [1.54, 1.807) is 0 Å². The van der Waals surface area contributed by atoms with Crippen LogP contribution in [0.15, 0.2) is 40.8 Å². The van der Waals surface area contributed by atoms with E-state index >= 15 is 0 Å². The Morgan fingerprint density at radius 3 is 2.61 bits per heavy atom. The summed E-state index contributed by atoms with van der Waals surface area (Å²) >= 11 is 5.97. The lowest BCUT2D eigenvalue weighted by atomic mass is 10.1. The fourth-order valence-corrected chi connectivity index (χ4v) is 1.81. The number of furan rings is 1. The van der Waals surface area contributed by atoms with Gasteiger partial charge in [-0.05, 0) is 45.0 Å². The molecule has 0 bridgehead atoms. The normalized spacial score (nSPS) is 11.8. The third-order valence-corrected chi connectivity index (χ3v) is 2.80. The highest BCUT2D eigenvalue weighted by Gasteiger charge is 2.10. The third-order valence-electron chi connectivity index (χ3n) is 2.56. The van der Waals surface area contributed by atoms with Crippen molar-refractivity contribution in [3.8, 4) is 11.3 Å². The summed E-state index contributed by atoms with van der Waals surface area (Å²) in [4.78, 5) is 0. The molecule has 0 saturated carbocycles. The molecule has 1 N–H and O–H groups in total. The highest BCUT2D eigenvalue weighted by molar-refractivity contribution is 6.30. The Labute approximate surface area is 113 Å². The van der Waals surface area contributed by atoms with Gasteiger partial charge in [0.15, 0.2) is 0 Å².